The Morgan fingerprint density at radius 2 is 2.00 bits per heavy atom. The molecular weight excluding hydrogens is 233 g/mol. The van der Waals surface area contributed by atoms with Gasteiger partial charge in [-0.05, 0) is 25.1 Å². The van der Waals surface area contributed by atoms with Crippen molar-refractivity contribution in [3.8, 4) is 0 Å². The van der Waals surface area contributed by atoms with E-state index in [0.717, 1.165) is 6.07 Å². The Morgan fingerprint density at radius 3 is 2.56 bits per heavy atom. The van der Waals surface area contributed by atoms with Crippen LogP contribution in [0.3, 0.4) is 0 Å². The molecule has 1 aromatic carbocycles. The maximum absolute atomic E-state index is 12.8. The minimum absolute atomic E-state index is 0.0758. The summed E-state index contributed by atoms with van der Waals surface area (Å²) in [6, 6.07) is 5.27. The van der Waals surface area contributed by atoms with Crippen LogP contribution in [0.1, 0.15) is 6.92 Å². The Bertz CT molecular complexity index is 523. The predicted octanol–water partition coefficient (Wildman–Crippen LogP) is 1.86. The average Bonchev–Trinajstić information content (AvgIpc) is 2.17. The first-order valence-electron chi connectivity index (χ1n) is 4.42. The van der Waals surface area contributed by atoms with E-state index in [9.17, 15) is 17.1 Å². The molecule has 1 amide bonds. The third-order valence-corrected chi connectivity index (χ3v) is 2.61. The van der Waals surface area contributed by atoms with Crippen molar-refractivity contribution in [2.45, 2.75) is 11.8 Å². The van der Waals surface area contributed by atoms with E-state index in [1.165, 1.54) is 30.4 Å². The molecule has 1 N–H and O–H groups in total. The molecule has 0 aliphatic carbocycles. The zero-order valence-electron chi connectivity index (χ0n) is 8.48. The lowest BCUT2D eigenvalue weighted by molar-refractivity contribution is -0.111. The number of hydrogen-bond donors (Lipinski definition) is 1. The Hall–Kier alpha value is -1.69. The molecule has 16 heavy (non-hydrogen) atoms. The highest BCUT2D eigenvalue weighted by Gasteiger charge is 2.17. The van der Waals surface area contributed by atoms with Gasteiger partial charge in [-0.3, -0.25) is 4.79 Å². The van der Waals surface area contributed by atoms with Gasteiger partial charge in [-0.15, -0.1) is 3.89 Å². The molecule has 0 aliphatic heterocycles. The standard InChI is InChI=1S/C10H10FNO3S/c1-2-5-10(13)12-8-6-3-4-7-9(8)16(11,14)15/h2-7H,1H3,(H,12,13)/b5-2+. The predicted molar refractivity (Wildman–Crippen MR) is 58.2 cm³/mol. The lowest BCUT2D eigenvalue weighted by atomic mass is 10.3. The third kappa shape index (κ3) is 3.16. The van der Waals surface area contributed by atoms with E-state index in [2.05, 4.69) is 5.32 Å². The van der Waals surface area contributed by atoms with Gasteiger partial charge in [0.15, 0.2) is 0 Å². The van der Waals surface area contributed by atoms with Crippen LogP contribution in [0.25, 0.3) is 0 Å². The molecule has 0 atom stereocenters. The molecule has 0 spiro atoms. The molecule has 0 radical (unpaired) electrons. The smallest absolute Gasteiger partial charge is 0.321 e. The van der Waals surface area contributed by atoms with Crippen molar-refractivity contribution in [2.24, 2.45) is 0 Å². The van der Waals surface area contributed by atoms with Gasteiger partial charge in [-0.2, -0.15) is 8.42 Å². The Labute approximate surface area is 93.0 Å². The monoisotopic (exact) mass is 243 g/mol. The number of anilines is 1. The molecule has 0 bridgehead atoms. The largest absolute Gasteiger partial charge is 0.334 e. The summed E-state index contributed by atoms with van der Waals surface area (Å²) < 4.78 is 34.3. The zero-order valence-corrected chi connectivity index (χ0v) is 9.29. The molecule has 4 nitrogen and oxygen atoms in total. The summed E-state index contributed by atoms with van der Waals surface area (Å²) in [4.78, 5) is 10.6. The van der Waals surface area contributed by atoms with Crippen LogP contribution in [0.15, 0.2) is 41.3 Å². The van der Waals surface area contributed by atoms with E-state index in [1.807, 2.05) is 0 Å². The summed E-state index contributed by atoms with van der Waals surface area (Å²) in [5, 5.41) is 2.27. The molecule has 0 saturated heterocycles. The lowest BCUT2D eigenvalue weighted by Crippen LogP contribution is -2.10. The molecule has 1 rings (SSSR count). The van der Waals surface area contributed by atoms with Crippen LogP contribution in [0.5, 0.6) is 0 Å². The number of halogens is 1. The quantitative estimate of drug-likeness (QED) is 0.651. The van der Waals surface area contributed by atoms with Crippen molar-refractivity contribution in [2.75, 3.05) is 5.32 Å². The van der Waals surface area contributed by atoms with E-state index in [0.29, 0.717) is 0 Å². The highest BCUT2D eigenvalue weighted by molar-refractivity contribution is 7.86. The molecule has 0 unspecified atom stereocenters. The van der Waals surface area contributed by atoms with Crippen molar-refractivity contribution in [1.29, 1.82) is 0 Å². The number of carbonyl (C=O) groups is 1. The molecular formula is C10H10FNO3S. The van der Waals surface area contributed by atoms with Crippen LogP contribution in [-0.4, -0.2) is 14.3 Å². The normalized spacial score (nSPS) is 11.6. The third-order valence-electron chi connectivity index (χ3n) is 1.73. The first kappa shape index (κ1) is 12.4. The van der Waals surface area contributed by atoms with Gasteiger partial charge in [0.25, 0.3) is 0 Å². The van der Waals surface area contributed by atoms with Crippen molar-refractivity contribution >= 4 is 21.8 Å². The fourth-order valence-corrected chi connectivity index (χ4v) is 1.73. The number of hydrogen-bond acceptors (Lipinski definition) is 3. The maximum Gasteiger partial charge on any atom is 0.334 e. The number of benzene rings is 1. The number of nitrogens with one attached hydrogen (secondary N) is 1. The van der Waals surface area contributed by atoms with E-state index < -0.39 is 21.0 Å². The van der Waals surface area contributed by atoms with Gasteiger partial charge < -0.3 is 5.32 Å². The summed E-state index contributed by atoms with van der Waals surface area (Å²) in [7, 11) is -4.83. The van der Waals surface area contributed by atoms with Crippen molar-refractivity contribution in [3.63, 3.8) is 0 Å². The van der Waals surface area contributed by atoms with Crippen molar-refractivity contribution in [3.05, 3.63) is 36.4 Å². The van der Waals surface area contributed by atoms with Crippen molar-refractivity contribution < 1.29 is 17.1 Å². The highest BCUT2D eigenvalue weighted by atomic mass is 32.3. The molecule has 6 heteroatoms. The SMILES string of the molecule is C/C=C/C(=O)Nc1ccccc1S(=O)(=O)F. The maximum atomic E-state index is 12.8. The van der Waals surface area contributed by atoms with E-state index in [4.69, 9.17) is 0 Å². The van der Waals surface area contributed by atoms with E-state index >= 15 is 0 Å². The summed E-state index contributed by atoms with van der Waals surface area (Å²) in [5.74, 6) is -0.515. The highest BCUT2D eigenvalue weighted by Crippen LogP contribution is 2.22. The number of amides is 1. The minimum atomic E-state index is -4.83. The van der Waals surface area contributed by atoms with Crippen LogP contribution in [0.4, 0.5) is 9.57 Å². The first-order chi connectivity index (χ1) is 7.45. The molecule has 1 aromatic rings. The zero-order chi connectivity index (χ0) is 12.2. The lowest BCUT2D eigenvalue weighted by Gasteiger charge is -2.05. The molecule has 0 aliphatic rings. The van der Waals surface area contributed by atoms with Gasteiger partial charge in [0, 0.05) is 0 Å². The summed E-state index contributed by atoms with van der Waals surface area (Å²) in [5.41, 5.74) is -0.0758. The van der Waals surface area contributed by atoms with Crippen molar-refractivity contribution in [1.82, 2.24) is 0 Å². The van der Waals surface area contributed by atoms with E-state index in [-0.39, 0.29) is 5.69 Å². The average molecular weight is 243 g/mol. The fourth-order valence-electron chi connectivity index (χ4n) is 1.11. The van der Waals surface area contributed by atoms with Crippen LogP contribution in [-0.2, 0) is 15.0 Å². The Balaban J connectivity index is 3.10. The van der Waals surface area contributed by atoms with Gasteiger partial charge in [-0.25, -0.2) is 0 Å². The first-order valence-corrected chi connectivity index (χ1v) is 5.81. The molecule has 0 saturated carbocycles. The second kappa shape index (κ2) is 4.89. The summed E-state index contributed by atoms with van der Waals surface area (Å²) in [6.07, 6.45) is 2.70. The minimum Gasteiger partial charge on any atom is -0.321 e. The number of carbonyl (C=O) groups excluding carboxylic acids is 1. The van der Waals surface area contributed by atoms with Crippen LogP contribution >= 0.6 is 0 Å². The Kier molecular flexibility index (Phi) is 3.78. The van der Waals surface area contributed by atoms with Gasteiger partial charge in [0.2, 0.25) is 5.91 Å². The van der Waals surface area contributed by atoms with Crippen LogP contribution < -0.4 is 5.32 Å². The van der Waals surface area contributed by atoms with Crippen LogP contribution in [0, 0.1) is 0 Å². The second-order valence-electron chi connectivity index (χ2n) is 2.92. The fraction of sp³-hybridized carbons (Fsp3) is 0.100. The van der Waals surface area contributed by atoms with Gasteiger partial charge >= 0.3 is 10.2 Å². The number of para-hydroxylation sites is 1. The Morgan fingerprint density at radius 1 is 1.38 bits per heavy atom. The summed E-state index contributed by atoms with van der Waals surface area (Å²) in [6.45, 7) is 1.64. The van der Waals surface area contributed by atoms with E-state index in [1.54, 1.807) is 6.92 Å². The number of rotatable bonds is 3. The molecule has 0 fully saturated rings. The second-order valence-corrected chi connectivity index (χ2v) is 4.24. The molecule has 0 aromatic heterocycles. The van der Waals surface area contributed by atoms with Gasteiger partial charge in [-0.1, -0.05) is 18.2 Å². The van der Waals surface area contributed by atoms with Gasteiger partial charge in [0.05, 0.1) is 5.69 Å². The van der Waals surface area contributed by atoms with Crippen LogP contribution in [0.2, 0.25) is 0 Å². The topological polar surface area (TPSA) is 63.2 Å². The van der Waals surface area contributed by atoms with Gasteiger partial charge in [0.1, 0.15) is 4.90 Å². The molecule has 0 heterocycles. The molecule has 86 valence electrons. The summed E-state index contributed by atoms with van der Waals surface area (Å²) >= 11 is 0. The number of allylic oxidation sites excluding steroid dienone is 1.